The van der Waals surface area contributed by atoms with Crippen LogP contribution in [0, 0.1) is 11.3 Å². The summed E-state index contributed by atoms with van der Waals surface area (Å²) < 4.78 is 10.9. The summed E-state index contributed by atoms with van der Waals surface area (Å²) in [6.07, 6.45) is 0. The van der Waals surface area contributed by atoms with Crippen LogP contribution in [0.15, 0.2) is 52.1 Å². The first-order valence-electron chi connectivity index (χ1n) is 7.69. The van der Waals surface area contributed by atoms with E-state index in [9.17, 15) is 4.79 Å². The number of rotatable bonds is 6. The molecule has 0 aliphatic heterocycles. The molecular formula is C18H13ClN4O3S. The first-order valence-corrected chi connectivity index (χ1v) is 9.05. The van der Waals surface area contributed by atoms with Gasteiger partial charge in [0.25, 0.3) is 11.1 Å². The number of nitrogens with zero attached hydrogens (tertiary/aromatic N) is 3. The zero-order valence-corrected chi connectivity index (χ0v) is 15.7. The van der Waals surface area contributed by atoms with E-state index in [1.54, 1.807) is 42.5 Å². The van der Waals surface area contributed by atoms with Crippen molar-refractivity contribution in [2.45, 2.75) is 5.22 Å². The van der Waals surface area contributed by atoms with Gasteiger partial charge < -0.3 is 14.5 Å². The lowest BCUT2D eigenvalue weighted by Gasteiger charge is -2.05. The van der Waals surface area contributed by atoms with E-state index in [0.29, 0.717) is 27.6 Å². The predicted octanol–water partition coefficient (Wildman–Crippen LogP) is 4.00. The molecule has 3 rings (SSSR count). The summed E-state index contributed by atoms with van der Waals surface area (Å²) >= 11 is 7.12. The van der Waals surface area contributed by atoms with Crippen LogP contribution in [0.2, 0.25) is 5.02 Å². The lowest BCUT2D eigenvalue weighted by molar-refractivity contribution is -0.113. The lowest BCUT2D eigenvalue weighted by Crippen LogP contribution is -2.13. The number of ether oxygens (including phenoxy) is 1. The summed E-state index contributed by atoms with van der Waals surface area (Å²) in [4.78, 5) is 12.0. The molecular weight excluding hydrogens is 388 g/mol. The summed E-state index contributed by atoms with van der Waals surface area (Å²) in [5, 5.41) is 20.2. The Balaban J connectivity index is 1.62. The van der Waals surface area contributed by atoms with Gasteiger partial charge >= 0.3 is 0 Å². The van der Waals surface area contributed by atoms with Crippen LogP contribution in [0.1, 0.15) is 5.56 Å². The molecule has 0 unspecified atom stereocenters. The Morgan fingerprint density at radius 1 is 1.30 bits per heavy atom. The zero-order valence-electron chi connectivity index (χ0n) is 14.1. The summed E-state index contributed by atoms with van der Waals surface area (Å²) in [7, 11) is 1.53. The van der Waals surface area contributed by atoms with Gasteiger partial charge in [-0.2, -0.15) is 5.26 Å². The number of hydrogen-bond acceptors (Lipinski definition) is 7. The zero-order chi connectivity index (χ0) is 19.2. The van der Waals surface area contributed by atoms with Crippen molar-refractivity contribution >= 4 is 35.0 Å². The number of carbonyl (C=O) groups is 1. The van der Waals surface area contributed by atoms with Crippen molar-refractivity contribution in [3.63, 3.8) is 0 Å². The maximum Gasteiger partial charge on any atom is 0.277 e. The monoisotopic (exact) mass is 400 g/mol. The van der Waals surface area contributed by atoms with Crippen LogP contribution in [-0.4, -0.2) is 29.0 Å². The van der Waals surface area contributed by atoms with E-state index >= 15 is 0 Å². The predicted molar refractivity (Wildman–Crippen MR) is 102 cm³/mol. The largest absolute Gasteiger partial charge is 0.496 e. The van der Waals surface area contributed by atoms with E-state index in [4.69, 9.17) is 26.0 Å². The van der Waals surface area contributed by atoms with Crippen molar-refractivity contribution in [2.24, 2.45) is 0 Å². The third-order valence-corrected chi connectivity index (χ3v) is 4.48. The van der Waals surface area contributed by atoms with Crippen LogP contribution < -0.4 is 10.1 Å². The maximum atomic E-state index is 12.0. The van der Waals surface area contributed by atoms with Crippen molar-refractivity contribution in [1.82, 2.24) is 10.2 Å². The van der Waals surface area contributed by atoms with Gasteiger partial charge in [-0.15, -0.1) is 10.2 Å². The Morgan fingerprint density at radius 3 is 2.78 bits per heavy atom. The third-order valence-electron chi connectivity index (χ3n) is 3.42. The van der Waals surface area contributed by atoms with Gasteiger partial charge in [0, 0.05) is 10.7 Å². The molecule has 3 aromatic rings. The second kappa shape index (κ2) is 8.58. The van der Waals surface area contributed by atoms with Crippen molar-refractivity contribution in [3.8, 4) is 23.3 Å². The Kier molecular flexibility index (Phi) is 5.96. The lowest BCUT2D eigenvalue weighted by atomic mass is 10.2. The molecule has 1 heterocycles. The Hall–Kier alpha value is -3.02. The van der Waals surface area contributed by atoms with Crippen molar-refractivity contribution < 1.29 is 13.9 Å². The van der Waals surface area contributed by atoms with E-state index in [-0.39, 0.29) is 22.8 Å². The fraction of sp³-hybridized carbons (Fsp3) is 0.111. The average molecular weight is 401 g/mol. The molecule has 1 N–H and O–H groups in total. The van der Waals surface area contributed by atoms with E-state index in [1.807, 2.05) is 6.07 Å². The molecule has 136 valence electrons. The van der Waals surface area contributed by atoms with Gasteiger partial charge in [-0.1, -0.05) is 23.4 Å². The van der Waals surface area contributed by atoms with Crippen LogP contribution >= 0.6 is 23.4 Å². The Morgan fingerprint density at radius 2 is 2.07 bits per heavy atom. The molecule has 9 heteroatoms. The van der Waals surface area contributed by atoms with Gasteiger partial charge in [-0.25, -0.2) is 0 Å². The SMILES string of the molecule is COc1ccc(Cl)cc1-c1nnc(SCC(=O)Nc2ccc(C#N)cc2)o1. The quantitative estimate of drug-likeness (QED) is 0.624. The smallest absolute Gasteiger partial charge is 0.277 e. The second-order valence-electron chi connectivity index (χ2n) is 5.24. The number of nitrogens with one attached hydrogen (secondary N) is 1. The minimum absolute atomic E-state index is 0.0916. The number of anilines is 1. The Bertz CT molecular complexity index is 999. The molecule has 1 aromatic heterocycles. The van der Waals surface area contributed by atoms with Crippen molar-refractivity contribution in [2.75, 3.05) is 18.2 Å². The van der Waals surface area contributed by atoms with Gasteiger partial charge in [0.2, 0.25) is 5.91 Å². The number of benzene rings is 2. The normalized spacial score (nSPS) is 10.3. The average Bonchev–Trinajstić information content (AvgIpc) is 3.16. The summed E-state index contributed by atoms with van der Waals surface area (Å²) in [5.74, 6) is 0.668. The molecule has 0 spiro atoms. The van der Waals surface area contributed by atoms with Crippen LogP contribution in [0.3, 0.4) is 0 Å². The third kappa shape index (κ3) is 4.78. The molecule has 1 amide bonds. The van der Waals surface area contributed by atoms with Crippen LogP contribution in [0.5, 0.6) is 5.75 Å². The number of nitriles is 1. The van der Waals surface area contributed by atoms with E-state index in [1.165, 1.54) is 7.11 Å². The molecule has 7 nitrogen and oxygen atoms in total. The molecule has 0 radical (unpaired) electrons. The standard InChI is InChI=1S/C18H13ClN4O3S/c1-25-15-7-4-12(19)8-14(15)17-22-23-18(26-17)27-10-16(24)21-13-5-2-11(9-20)3-6-13/h2-8H,10H2,1H3,(H,21,24). The van der Waals surface area contributed by atoms with Gasteiger partial charge in [-0.3, -0.25) is 4.79 Å². The van der Waals surface area contributed by atoms with E-state index in [0.717, 1.165) is 11.8 Å². The first-order chi connectivity index (χ1) is 13.1. The molecule has 0 aliphatic rings. The molecule has 0 aliphatic carbocycles. The van der Waals surface area contributed by atoms with Crippen LogP contribution in [0.25, 0.3) is 11.5 Å². The summed E-state index contributed by atoms with van der Waals surface area (Å²) in [6.45, 7) is 0. The molecule has 27 heavy (non-hydrogen) atoms. The number of amides is 1. The van der Waals surface area contributed by atoms with Crippen molar-refractivity contribution in [1.29, 1.82) is 5.26 Å². The molecule has 0 fully saturated rings. The number of aromatic nitrogens is 2. The summed E-state index contributed by atoms with van der Waals surface area (Å²) in [5.41, 5.74) is 1.71. The van der Waals surface area contributed by atoms with Gasteiger partial charge in [-0.05, 0) is 42.5 Å². The highest BCUT2D eigenvalue weighted by Gasteiger charge is 2.15. The topological polar surface area (TPSA) is 101 Å². The number of methoxy groups -OCH3 is 1. The summed E-state index contributed by atoms with van der Waals surface area (Å²) in [6, 6.07) is 13.7. The van der Waals surface area contributed by atoms with Crippen molar-refractivity contribution in [3.05, 3.63) is 53.1 Å². The van der Waals surface area contributed by atoms with Gasteiger partial charge in [0.05, 0.1) is 30.1 Å². The fourth-order valence-corrected chi connectivity index (χ4v) is 2.91. The molecule has 2 aromatic carbocycles. The number of carbonyl (C=O) groups excluding carboxylic acids is 1. The van der Waals surface area contributed by atoms with Crippen LogP contribution in [-0.2, 0) is 4.79 Å². The molecule has 0 atom stereocenters. The fourth-order valence-electron chi connectivity index (χ4n) is 2.18. The van der Waals surface area contributed by atoms with Gasteiger partial charge in [0.1, 0.15) is 5.75 Å². The Labute approximate surface area is 164 Å². The highest BCUT2D eigenvalue weighted by molar-refractivity contribution is 7.99. The van der Waals surface area contributed by atoms with Gasteiger partial charge in [0.15, 0.2) is 0 Å². The highest BCUT2D eigenvalue weighted by Crippen LogP contribution is 2.32. The number of thioether (sulfide) groups is 1. The number of hydrogen-bond donors (Lipinski definition) is 1. The van der Waals surface area contributed by atoms with E-state index in [2.05, 4.69) is 15.5 Å². The minimum atomic E-state index is -0.232. The van der Waals surface area contributed by atoms with E-state index < -0.39 is 0 Å². The maximum absolute atomic E-state index is 12.0. The minimum Gasteiger partial charge on any atom is -0.496 e. The first kappa shape index (κ1) is 18.8. The molecule has 0 saturated heterocycles. The van der Waals surface area contributed by atoms with Crippen LogP contribution in [0.4, 0.5) is 5.69 Å². The molecule has 0 bridgehead atoms. The number of halogens is 1. The highest BCUT2D eigenvalue weighted by atomic mass is 35.5. The second-order valence-corrected chi connectivity index (χ2v) is 6.61. The molecule has 0 saturated carbocycles.